The standard InChI is InChI=1S/C14H18N2O3S2/c1-10-6-7-20-14(10)9-16(2)21(17,18)11-4-5-13(19-3)12(15)8-11/h4-8H,9,15H2,1-3H3. The first-order valence-electron chi connectivity index (χ1n) is 6.29. The lowest BCUT2D eigenvalue weighted by Gasteiger charge is -2.17. The molecule has 0 aliphatic carbocycles. The van der Waals surface area contributed by atoms with Crippen LogP contribution in [0.5, 0.6) is 5.75 Å². The molecule has 0 amide bonds. The third kappa shape index (κ3) is 3.20. The number of hydrogen-bond acceptors (Lipinski definition) is 5. The number of aryl methyl sites for hydroxylation is 1. The van der Waals surface area contributed by atoms with Crippen LogP contribution in [0, 0.1) is 6.92 Å². The van der Waals surface area contributed by atoms with E-state index >= 15 is 0 Å². The predicted molar refractivity (Wildman–Crippen MR) is 85.1 cm³/mol. The van der Waals surface area contributed by atoms with Gasteiger partial charge in [-0.05, 0) is 42.1 Å². The topological polar surface area (TPSA) is 72.6 Å². The summed E-state index contributed by atoms with van der Waals surface area (Å²) in [4.78, 5) is 1.19. The Morgan fingerprint density at radius 1 is 1.33 bits per heavy atom. The number of thiophene rings is 1. The molecule has 0 radical (unpaired) electrons. The number of benzene rings is 1. The Morgan fingerprint density at radius 2 is 2.05 bits per heavy atom. The number of rotatable bonds is 5. The van der Waals surface area contributed by atoms with E-state index in [9.17, 15) is 8.42 Å². The first-order chi connectivity index (χ1) is 9.86. The van der Waals surface area contributed by atoms with Crippen LogP contribution in [0.4, 0.5) is 5.69 Å². The Kier molecular flexibility index (Phi) is 4.55. The van der Waals surface area contributed by atoms with E-state index in [4.69, 9.17) is 10.5 Å². The highest BCUT2D eigenvalue weighted by Crippen LogP contribution is 2.27. The van der Waals surface area contributed by atoms with Gasteiger partial charge in [0.05, 0.1) is 17.7 Å². The molecule has 21 heavy (non-hydrogen) atoms. The number of nitrogen functional groups attached to an aromatic ring is 1. The van der Waals surface area contributed by atoms with Gasteiger partial charge in [-0.1, -0.05) is 0 Å². The summed E-state index contributed by atoms with van der Waals surface area (Å²) >= 11 is 1.55. The van der Waals surface area contributed by atoms with Crippen LogP contribution in [0.25, 0.3) is 0 Å². The third-order valence-electron chi connectivity index (χ3n) is 3.24. The van der Waals surface area contributed by atoms with E-state index < -0.39 is 10.0 Å². The summed E-state index contributed by atoms with van der Waals surface area (Å²) in [6.07, 6.45) is 0. The summed E-state index contributed by atoms with van der Waals surface area (Å²) in [7, 11) is -0.519. The lowest BCUT2D eigenvalue weighted by Crippen LogP contribution is -2.26. The summed E-state index contributed by atoms with van der Waals surface area (Å²) in [5, 5.41) is 1.95. The Morgan fingerprint density at radius 3 is 2.57 bits per heavy atom. The molecule has 0 aliphatic rings. The van der Waals surface area contributed by atoms with Crippen molar-refractivity contribution in [3.8, 4) is 5.75 Å². The molecule has 2 rings (SSSR count). The minimum absolute atomic E-state index is 0.164. The molecule has 5 nitrogen and oxygen atoms in total. The van der Waals surface area contributed by atoms with E-state index in [1.54, 1.807) is 24.5 Å². The predicted octanol–water partition coefficient (Wildman–Crippen LogP) is 2.47. The third-order valence-corrected chi connectivity index (χ3v) is 6.05. The van der Waals surface area contributed by atoms with Gasteiger partial charge in [0.2, 0.25) is 10.0 Å². The Balaban J connectivity index is 2.29. The molecule has 114 valence electrons. The van der Waals surface area contributed by atoms with Crippen molar-refractivity contribution >= 4 is 27.0 Å². The molecule has 0 aliphatic heterocycles. The van der Waals surface area contributed by atoms with Crippen molar-refractivity contribution in [3.63, 3.8) is 0 Å². The van der Waals surface area contributed by atoms with Crippen LogP contribution in [-0.4, -0.2) is 26.9 Å². The number of hydrogen-bond donors (Lipinski definition) is 1. The summed E-state index contributed by atoms with van der Waals surface area (Å²) in [5.41, 5.74) is 7.18. The van der Waals surface area contributed by atoms with Crippen molar-refractivity contribution in [1.29, 1.82) is 0 Å². The molecule has 1 heterocycles. The van der Waals surface area contributed by atoms with Gasteiger partial charge in [-0.15, -0.1) is 11.3 Å². The molecule has 2 N–H and O–H groups in total. The van der Waals surface area contributed by atoms with Crippen molar-refractivity contribution in [2.24, 2.45) is 0 Å². The van der Waals surface area contributed by atoms with Crippen molar-refractivity contribution in [2.45, 2.75) is 18.4 Å². The van der Waals surface area contributed by atoms with Gasteiger partial charge in [-0.2, -0.15) is 4.31 Å². The summed E-state index contributed by atoms with van der Waals surface area (Å²) < 4.78 is 31.5. The highest BCUT2D eigenvalue weighted by molar-refractivity contribution is 7.89. The van der Waals surface area contributed by atoms with Gasteiger partial charge in [0, 0.05) is 18.5 Å². The molecular formula is C14H18N2O3S2. The van der Waals surface area contributed by atoms with Crippen molar-refractivity contribution in [3.05, 3.63) is 40.1 Å². The zero-order valence-electron chi connectivity index (χ0n) is 12.2. The molecule has 0 bridgehead atoms. The minimum atomic E-state index is -3.57. The van der Waals surface area contributed by atoms with Gasteiger partial charge in [-0.25, -0.2) is 8.42 Å². The molecule has 0 spiro atoms. The van der Waals surface area contributed by atoms with Crippen molar-refractivity contribution in [1.82, 2.24) is 4.31 Å². The second kappa shape index (κ2) is 6.05. The van der Waals surface area contributed by atoms with Crippen LogP contribution >= 0.6 is 11.3 Å². The Hall–Kier alpha value is -1.57. The van der Waals surface area contributed by atoms with E-state index in [1.807, 2.05) is 18.4 Å². The van der Waals surface area contributed by atoms with E-state index in [1.165, 1.54) is 23.5 Å². The van der Waals surface area contributed by atoms with Gasteiger partial charge in [0.25, 0.3) is 0 Å². The smallest absolute Gasteiger partial charge is 0.243 e. The lowest BCUT2D eigenvalue weighted by atomic mass is 10.3. The summed E-state index contributed by atoms with van der Waals surface area (Å²) in [6, 6.07) is 6.46. The zero-order chi connectivity index (χ0) is 15.6. The molecule has 0 fully saturated rings. The number of ether oxygens (including phenoxy) is 1. The fourth-order valence-electron chi connectivity index (χ4n) is 1.91. The number of nitrogens with two attached hydrogens (primary N) is 1. The largest absolute Gasteiger partial charge is 0.495 e. The van der Waals surface area contributed by atoms with Gasteiger partial charge >= 0.3 is 0 Å². The maximum atomic E-state index is 12.6. The molecule has 7 heteroatoms. The highest BCUT2D eigenvalue weighted by Gasteiger charge is 2.22. The van der Waals surface area contributed by atoms with Gasteiger partial charge in [-0.3, -0.25) is 0 Å². The SMILES string of the molecule is COc1ccc(S(=O)(=O)N(C)Cc2sccc2C)cc1N. The van der Waals surface area contributed by atoms with Crippen LogP contribution < -0.4 is 10.5 Å². The van der Waals surface area contributed by atoms with Crippen molar-refractivity contribution in [2.75, 3.05) is 19.9 Å². The van der Waals surface area contributed by atoms with Crippen LogP contribution in [0.2, 0.25) is 0 Å². The molecule has 0 unspecified atom stereocenters. The normalized spacial score (nSPS) is 11.8. The molecule has 0 atom stereocenters. The molecule has 1 aromatic heterocycles. The van der Waals surface area contributed by atoms with Crippen LogP contribution in [0.3, 0.4) is 0 Å². The maximum absolute atomic E-state index is 12.6. The molecule has 1 aromatic carbocycles. The second-order valence-corrected chi connectivity index (χ2v) is 7.74. The fraction of sp³-hybridized carbons (Fsp3) is 0.286. The number of sulfonamides is 1. The van der Waals surface area contributed by atoms with E-state index in [-0.39, 0.29) is 4.90 Å². The Labute approximate surface area is 129 Å². The maximum Gasteiger partial charge on any atom is 0.243 e. The molecular weight excluding hydrogens is 308 g/mol. The number of methoxy groups -OCH3 is 1. The summed E-state index contributed by atoms with van der Waals surface area (Å²) in [5.74, 6) is 0.464. The minimum Gasteiger partial charge on any atom is -0.495 e. The molecule has 0 saturated heterocycles. The lowest BCUT2D eigenvalue weighted by molar-refractivity contribution is 0.416. The first kappa shape index (κ1) is 15.8. The number of anilines is 1. The molecule has 0 saturated carbocycles. The summed E-state index contributed by atoms with van der Waals surface area (Å²) in [6.45, 7) is 2.31. The van der Waals surface area contributed by atoms with E-state index in [0.29, 0.717) is 18.0 Å². The van der Waals surface area contributed by atoms with Crippen LogP contribution in [0.1, 0.15) is 10.4 Å². The quantitative estimate of drug-likeness (QED) is 0.857. The average Bonchev–Trinajstić information content (AvgIpc) is 2.84. The van der Waals surface area contributed by atoms with Gasteiger partial charge in [0.1, 0.15) is 5.75 Å². The molecule has 2 aromatic rings. The van der Waals surface area contributed by atoms with E-state index in [0.717, 1.165) is 10.4 Å². The second-order valence-electron chi connectivity index (χ2n) is 4.69. The van der Waals surface area contributed by atoms with Crippen LogP contribution in [0.15, 0.2) is 34.5 Å². The van der Waals surface area contributed by atoms with Gasteiger partial charge < -0.3 is 10.5 Å². The first-order valence-corrected chi connectivity index (χ1v) is 8.61. The average molecular weight is 326 g/mol. The van der Waals surface area contributed by atoms with Gasteiger partial charge in [0.15, 0.2) is 0 Å². The fourth-order valence-corrected chi connectivity index (χ4v) is 4.12. The van der Waals surface area contributed by atoms with Crippen LogP contribution in [-0.2, 0) is 16.6 Å². The van der Waals surface area contributed by atoms with E-state index in [2.05, 4.69) is 0 Å². The Bertz CT molecular complexity index is 738. The monoisotopic (exact) mass is 326 g/mol. The zero-order valence-corrected chi connectivity index (χ0v) is 13.8. The highest BCUT2D eigenvalue weighted by atomic mass is 32.2. The number of nitrogens with zero attached hydrogens (tertiary/aromatic N) is 1. The van der Waals surface area contributed by atoms with Crippen molar-refractivity contribution < 1.29 is 13.2 Å².